The van der Waals surface area contributed by atoms with Crippen LogP contribution in [-0.2, 0) is 0 Å². The first-order valence-corrected chi connectivity index (χ1v) is 9.55. The number of nitrogens with two attached hydrogens (primary N) is 1. The molecule has 0 saturated carbocycles. The van der Waals surface area contributed by atoms with Crippen molar-refractivity contribution < 1.29 is 0 Å². The van der Waals surface area contributed by atoms with E-state index in [1.165, 1.54) is 0 Å². The monoisotopic (exact) mass is 400 g/mol. The summed E-state index contributed by atoms with van der Waals surface area (Å²) in [5.41, 5.74) is 11.5. The second-order valence-corrected chi connectivity index (χ2v) is 7.48. The second-order valence-electron chi connectivity index (χ2n) is 7.04. The summed E-state index contributed by atoms with van der Waals surface area (Å²) >= 11 is 6.06. The number of halogens is 1. The van der Waals surface area contributed by atoms with Crippen LogP contribution in [0.5, 0.6) is 0 Å². The number of nitrogen functional groups attached to an aromatic ring is 1. The number of aryl methyl sites for hydroxylation is 1. The van der Waals surface area contributed by atoms with Crippen molar-refractivity contribution in [2.75, 3.05) is 5.73 Å². The third-order valence-corrected chi connectivity index (χ3v) is 5.40. The van der Waals surface area contributed by atoms with E-state index in [4.69, 9.17) is 17.3 Å². The first kappa shape index (κ1) is 17.5. The molecule has 0 spiro atoms. The van der Waals surface area contributed by atoms with Crippen LogP contribution >= 0.6 is 11.6 Å². The molecule has 0 unspecified atom stereocenters. The molecule has 3 heterocycles. The summed E-state index contributed by atoms with van der Waals surface area (Å²) in [6.07, 6.45) is 3.55. The van der Waals surface area contributed by atoms with Crippen LogP contribution in [0.15, 0.2) is 77.9 Å². The number of nitrogens with zero attached hydrogens (tertiary/aromatic N) is 3. The van der Waals surface area contributed by atoms with Crippen LogP contribution in [0.25, 0.3) is 33.2 Å². The standard InChI is InChI=1S/C23H17ClN4O/c1-14-2-7-19-20(12-14)28(17-5-3-16(24)4-6-17)23(29)21(22(19)25)15-9-11-27-18(13-15)8-10-26-27/h2-13H,25H2,1H3. The summed E-state index contributed by atoms with van der Waals surface area (Å²) in [7, 11) is 0. The van der Waals surface area contributed by atoms with E-state index in [0.29, 0.717) is 16.3 Å². The van der Waals surface area contributed by atoms with Crippen LogP contribution < -0.4 is 11.3 Å². The Morgan fingerprint density at radius 3 is 2.59 bits per heavy atom. The van der Waals surface area contributed by atoms with Crippen molar-refractivity contribution >= 4 is 33.7 Å². The van der Waals surface area contributed by atoms with Gasteiger partial charge in [0, 0.05) is 28.5 Å². The fourth-order valence-electron chi connectivity index (χ4n) is 3.73. The quantitative estimate of drug-likeness (QED) is 0.460. The summed E-state index contributed by atoms with van der Waals surface area (Å²) in [6, 6.07) is 18.8. The van der Waals surface area contributed by atoms with Gasteiger partial charge in [-0.25, -0.2) is 4.52 Å². The fraction of sp³-hybridized carbons (Fsp3) is 0.0435. The van der Waals surface area contributed by atoms with Gasteiger partial charge < -0.3 is 5.73 Å². The molecule has 0 aliphatic rings. The third kappa shape index (κ3) is 2.79. The molecule has 0 saturated heterocycles. The molecule has 0 radical (unpaired) electrons. The lowest BCUT2D eigenvalue weighted by Crippen LogP contribution is -2.22. The Morgan fingerprint density at radius 1 is 1.00 bits per heavy atom. The number of aromatic nitrogens is 3. The molecule has 0 amide bonds. The van der Waals surface area contributed by atoms with Gasteiger partial charge in [0.05, 0.1) is 22.3 Å². The van der Waals surface area contributed by atoms with Gasteiger partial charge in [-0.05, 0) is 66.6 Å². The molecule has 2 N–H and O–H groups in total. The summed E-state index contributed by atoms with van der Waals surface area (Å²) in [6.45, 7) is 1.99. The largest absolute Gasteiger partial charge is 0.398 e. The predicted molar refractivity (Wildman–Crippen MR) is 118 cm³/mol. The van der Waals surface area contributed by atoms with E-state index in [-0.39, 0.29) is 5.56 Å². The van der Waals surface area contributed by atoms with Gasteiger partial charge in [0.1, 0.15) is 0 Å². The number of anilines is 1. The molecular weight excluding hydrogens is 384 g/mol. The lowest BCUT2D eigenvalue weighted by Gasteiger charge is -2.17. The molecule has 0 fully saturated rings. The maximum atomic E-state index is 13.7. The molecule has 0 aliphatic carbocycles. The molecule has 5 nitrogen and oxygen atoms in total. The van der Waals surface area contributed by atoms with Crippen LogP contribution in [0, 0.1) is 6.92 Å². The third-order valence-electron chi connectivity index (χ3n) is 5.14. The average Bonchev–Trinajstić information content (AvgIpc) is 3.17. The Labute approximate surface area is 171 Å². The van der Waals surface area contributed by atoms with E-state index in [1.807, 2.05) is 61.7 Å². The summed E-state index contributed by atoms with van der Waals surface area (Å²) < 4.78 is 3.45. The van der Waals surface area contributed by atoms with Crippen molar-refractivity contribution in [2.45, 2.75) is 6.92 Å². The van der Waals surface area contributed by atoms with Crippen molar-refractivity contribution in [3.8, 4) is 16.8 Å². The highest BCUT2D eigenvalue weighted by molar-refractivity contribution is 6.30. The van der Waals surface area contributed by atoms with E-state index in [9.17, 15) is 4.79 Å². The average molecular weight is 401 g/mol. The van der Waals surface area contributed by atoms with Gasteiger partial charge in [0.25, 0.3) is 5.56 Å². The van der Waals surface area contributed by atoms with Gasteiger partial charge in [0.2, 0.25) is 0 Å². The molecular formula is C23H17ClN4O. The Morgan fingerprint density at radius 2 is 1.79 bits per heavy atom. The fourth-order valence-corrected chi connectivity index (χ4v) is 3.85. The van der Waals surface area contributed by atoms with Gasteiger partial charge in [-0.1, -0.05) is 23.7 Å². The summed E-state index contributed by atoms with van der Waals surface area (Å²) in [4.78, 5) is 13.7. The Hall–Kier alpha value is -3.57. The molecule has 5 aromatic rings. The molecule has 6 heteroatoms. The maximum absolute atomic E-state index is 13.7. The smallest absolute Gasteiger partial charge is 0.265 e. The van der Waals surface area contributed by atoms with E-state index in [0.717, 1.165) is 33.2 Å². The zero-order chi connectivity index (χ0) is 20.1. The van der Waals surface area contributed by atoms with Crippen LogP contribution in [0.2, 0.25) is 5.02 Å². The molecule has 142 valence electrons. The number of rotatable bonds is 2. The predicted octanol–water partition coefficient (Wildman–Crippen LogP) is 4.85. The Balaban J connectivity index is 1.91. The Bertz CT molecular complexity index is 1450. The van der Waals surface area contributed by atoms with Crippen LogP contribution in [0.1, 0.15) is 5.56 Å². The van der Waals surface area contributed by atoms with Gasteiger partial charge >= 0.3 is 0 Å². The first-order valence-electron chi connectivity index (χ1n) is 9.17. The summed E-state index contributed by atoms with van der Waals surface area (Å²) in [5, 5.41) is 5.66. The lowest BCUT2D eigenvalue weighted by molar-refractivity contribution is 0.961. The van der Waals surface area contributed by atoms with Crippen molar-refractivity contribution in [1.82, 2.24) is 14.2 Å². The van der Waals surface area contributed by atoms with E-state index >= 15 is 0 Å². The van der Waals surface area contributed by atoms with Gasteiger partial charge in [-0.2, -0.15) is 5.10 Å². The van der Waals surface area contributed by atoms with Crippen LogP contribution in [0.4, 0.5) is 5.69 Å². The van der Waals surface area contributed by atoms with Gasteiger partial charge in [-0.3, -0.25) is 9.36 Å². The molecule has 5 rings (SSSR count). The molecule has 2 aromatic carbocycles. The summed E-state index contributed by atoms with van der Waals surface area (Å²) in [5.74, 6) is 0. The van der Waals surface area contributed by atoms with Crippen molar-refractivity contribution in [3.05, 3.63) is 94.0 Å². The highest BCUT2D eigenvalue weighted by Gasteiger charge is 2.18. The second kappa shape index (κ2) is 6.50. The molecule has 3 aromatic heterocycles. The number of benzene rings is 2. The van der Waals surface area contributed by atoms with Crippen LogP contribution in [-0.4, -0.2) is 14.2 Å². The zero-order valence-corrected chi connectivity index (χ0v) is 16.4. The number of hydrogen-bond donors (Lipinski definition) is 1. The number of hydrogen-bond acceptors (Lipinski definition) is 3. The van der Waals surface area contributed by atoms with Crippen molar-refractivity contribution in [1.29, 1.82) is 0 Å². The SMILES string of the molecule is Cc1ccc2c(N)c(-c3ccn4nccc4c3)c(=O)n(-c3ccc(Cl)cc3)c2c1. The van der Waals surface area contributed by atoms with Crippen molar-refractivity contribution in [3.63, 3.8) is 0 Å². The molecule has 0 aliphatic heterocycles. The molecule has 29 heavy (non-hydrogen) atoms. The first-order chi connectivity index (χ1) is 14.0. The maximum Gasteiger partial charge on any atom is 0.265 e. The minimum absolute atomic E-state index is 0.174. The lowest BCUT2D eigenvalue weighted by atomic mass is 10.0. The van der Waals surface area contributed by atoms with E-state index in [2.05, 4.69) is 5.10 Å². The van der Waals surface area contributed by atoms with Gasteiger partial charge in [0.15, 0.2) is 0 Å². The topological polar surface area (TPSA) is 65.3 Å². The normalized spacial score (nSPS) is 11.4. The highest BCUT2D eigenvalue weighted by atomic mass is 35.5. The van der Waals surface area contributed by atoms with E-state index in [1.54, 1.807) is 27.4 Å². The zero-order valence-electron chi connectivity index (χ0n) is 15.6. The minimum Gasteiger partial charge on any atom is -0.398 e. The Kier molecular flexibility index (Phi) is 3.93. The van der Waals surface area contributed by atoms with Crippen molar-refractivity contribution in [2.24, 2.45) is 0 Å². The van der Waals surface area contributed by atoms with Crippen LogP contribution in [0.3, 0.4) is 0 Å². The molecule has 0 bridgehead atoms. The highest BCUT2D eigenvalue weighted by Crippen LogP contribution is 2.32. The number of pyridine rings is 2. The number of fused-ring (bicyclic) bond motifs is 2. The minimum atomic E-state index is -0.174. The van der Waals surface area contributed by atoms with Gasteiger partial charge in [-0.15, -0.1) is 0 Å². The molecule has 0 atom stereocenters. The van der Waals surface area contributed by atoms with E-state index < -0.39 is 0 Å².